The largest absolute Gasteiger partial charge is 0.427 e. The van der Waals surface area contributed by atoms with Crippen molar-refractivity contribution in [3.63, 3.8) is 0 Å². The van der Waals surface area contributed by atoms with Crippen LogP contribution in [-0.2, 0) is 4.79 Å². The van der Waals surface area contributed by atoms with E-state index in [-0.39, 0.29) is 5.97 Å². The second-order valence-corrected chi connectivity index (χ2v) is 5.13. The van der Waals surface area contributed by atoms with Gasteiger partial charge >= 0.3 is 5.97 Å². The Balaban J connectivity index is 1.73. The third-order valence-corrected chi connectivity index (χ3v) is 3.38. The maximum absolute atomic E-state index is 11.3. The van der Waals surface area contributed by atoms with Crippen LogP contribution in [-0.4, -0.2) is 15.9 Å². The second kappa shape index (κ2) is 7.37. The van der Waals surface area contributed by atoms with E-state index in [2.05, 4.69) is 15.3 Å². The average molecular weight is 319 g/mol. The van der Waals surface area contributed by atoms with E-state index in [0.29, 0.717) is 18.0 Å². The van der Waals surface area contributed by atoms with Gasteiger partial charge < -0.3 is 10.1 Å². The normalized spacial score (nSPS) is 10.2. The Morgan fingerprint density at radius 2 is 1.79 bits per heavy atom. The average Bonchev–Trinajstić information content (AvgIpc) is 2.64. The molecule has 3 aromatic rings. The highest BCUT2D eigenvalue weighted by Crippen LogP contribution is 2.22. The molecule has 0 fully saturated rings. The molecule has 5 heteroatoms. The molecule has 0 saturated carbocycles. The molecule has 120 valence electrons. The number of hydrogen-bond donors (Lipinski definition) is 1. The Kier molecular flexibility index (Phi) is 4.81. The first kappa shape index (κ1) is 15.7. The van der Waals surface area contributed by atoms with Crippen molar-refractivity contribution < 1.29 is 9.53 Å². The molecular weight excluding hydrogens is 302 g/mol. The van der Waals surface area contributed by atoms with Crippen molar-refractivity contribution in [2.24, 2.45) is 0 Å². The number of nitrogens with zero attached hydrogens (tertiary/aromatic N) is 2. The van der Waals surface area contributed by atoms with Crippen molar-refractivity contribution in [3.8, 4) is 17.0 Å². The number of anilines is 2. The zero-order valence-electron chi connectivity index (χ0n) is 13.3. The van der Waals surface area contributed by atoms with Crippen molar-refractivity contribution in [3.05, 3.63) is 67.0 Å². The molecule has 24 heavy (non-hydrogen) atoms. The lowest BCUT2D eigenvalue weighted by atomic mass is 10.1. The van der Waals surface area contributed by atoms with Crippen molar-refractivity contribution in [1.82, 2.24) is 9.97 Å². The van der Waals surface area contributed by atoms with Gasteiger partial charge in [-0.1, -0.05) is 37.3 Å². The van der Waals surface area contributed by atoms with E-state index in [0.717, 1.165) is 16.9 Å². The smallest absolute Gasteiger partial charge is 0.310 e. The van der Waals surface area contributed by atoms with Gasteiger partial charge in [0.05, 0.1) is 5.69 Å². The van der Waals surface area contributed by atoms with E-state index >= 15 is 0 Å². The molecule has 0 aliphatic rings. The number of hydrogen-bond acceptors (Lipinski definition) is 5. The monoisotopic (exact) mass is 319 g/mol. The van der Waals surface area contributed by atoms with Crippen LogP contribution in [0.25, 0.3) is 11.3 Å². The van der Waals surface area contributed by atoms with Crippen LogP contribution in [0.4, 0.5) is 11.5 Å². The van der Waals surface area contributed by atoms with Gasteiger partial charge in [0.2, 0.25) is 0 Å². The van der Waals surface area contributed by atoms with Gasteiger partial charge in [-0.3, -0.25) is 4.79 Å². The molecule has 0 amide bonds. The molecule has 5 nitrogen and oxygen atoms in total. The molecule has 0 aliphatic heterocycles. The maximum atomic E-state index is 11.3. The number of aromatic nitrogens is 2. The Hall–Kier alpha value is -3.21. The summed E-state index contributed by atoms with van der Waals surface area (Å²) in [6, 6.07) is 19.0. The zero-order chi connectivity index (χ0) is 16.8. The lowest BCUT2D eigenvalue weighted by Crippen LogP contribution is -2.05. The number of rotatable bonds is 5. The van der Waals surface area contributed by atoms with Gasteiger partial charge in [0.25, 0.3) is 0 Å². The van der Waals surface area contributed by atoms with Crippen LogP contribution in [0.15, 0.2) is 67.0 Å². The molecule has 0 aliphatic carbocycles. The minimum Gasteiger partial charge on any atom is -0.427 e. The predicted molar refractivity (Wildman–Crippen MR) is 93.1 cm³/mol. The number of benzene rings is 2. The highest BCUT2D eigenvalue weighted by Gasteiger charge is 2.04. The predicted octanol–water partition coefficient (Wildman–Crippen LogP) is 4.20. The van der Waals surface area contributed by atoms with E-state index in [9.17, 15) is 4.79 Å². The van der Waals surface area contributed by atoms with E-state index in [1.165, 1.54) is 6.33 Å². The van der Waals surface area contributed by atoms with Crippen LogP contribution in [0.3, 0.4) is 0 Å². The first-order valence-electron chi connectivity index (χ1n) is 7.70. The highest BCUT2D eigenvalue weighted by molar-refractivity contribution is 5.72. The summed E-state index contributed by atoms with van der Waals surface area (Å²) in [6.45, 7) is 1.76. The van der Waals surface area contributed by atoms with Gasteiger partial charge in [0.1, 0.15) is 17.9 Å². The fourth-order valence-electron chi connectivity index (χ4n) is 2.15. The second-order valence-electron chi connectivity index (χ2n) is 5.13. The zero-order valence-corrected chi connectivity index (χ0v) is 13.3. The fourth-order valence-corrected chi connectivity index (χ4v) is 2.15. The molecular formula is C19H17N3O2. The van der Waals surface area contributed by atoms with Crippen molar-refractivity contribution in [1.29, 1.82) is 0 Å². The molecule has 1 N–H and O–H groups in total. The number of carbonyl (C=O) groups excluding carboxylic acids is 1. The molecule has 1 aromatic heterocycles. The standard InChI is InChI=1S/C19H17N3O2/c1-2-19(23)24-16-10-8-15(9-11-16)22-18-12-17(20-13-21-18)14-6-4-3-5-7-14/h3-13H,2H2,1H3,(H,20,21,22). The van der Waals surface area contributed by atoms with Crippen LogP contribution in [0.1, 0.15) is 13.3 Å². The van der Waals surface area contributed by atoms with Crippen LogP contribution >= 0.6 is 0 Å². The highest BCUT2D eigenvalue weighted by atomic mass is 16.5. The lowest BCUT2D eigenvalue weighted by Gasteiger charge is -2.08. The third kappa shape index (κ3) is 3.95. The van der Waals surface area contributed by atoms with Crippen molar-refractivity contribution in [2.45, 2.75) is 13.3 Å². The van der Waals surface area contributed by atoms with Gasteiger partial charge in [0.15, 0.2) is 0 Å². The van der Waals surface area contributed by atoms with Crippen LogP contribution in [0.2, 0.25) is 0 Å². The summed E-state index contributed by atoms with van der Waals surface area (Å²) in [5.41, 5.74) is 2.73. The Bertz CT molecular complexity index is 818. The van der Waals surface area contributed by atoms with Gasteiger partial charge in [-0.05, 0) is 24.3 Å². The molecule has 0 radical (unpaired) electrons. The number of nitrogens with one attached hydrogen (secondary N) is 1. The van der Waals surface area contributed by atoms with E-state index in [4.69, 9.17) is 4.74 Å². The van der Waals surface area contributed by atoms with E-state index in [1.54, 1.807) is 19.1 Å². The summed E-state index contributed by atoms with van der Waals surface area (Å²) in [7, 11) is 0. The fraction of sp³-hybridized carbons (Fsp3) is 0.105. The van der Waals surface area contributed by atoms with Gasteiger partial charge in [-0.2, -0.15) is 0 Å². The molecule has 0 saturated heterocycles. The molecule has 2 aromatic carbocycles. The summed E-state index contributed by atoms with van der Waals surface area (Å²) >= 11 is 0. The summed E-state index contributed by atoms with van der Waals surface area (Å²) in [6.07, 6.45) is 1.88. The van der Waals surface area contributed by atoms with Gasteiger partial charge in [-0.25, -0.2) is 9.97 Å². The summed E-state index contributed by atoms with van der Waals surface area (Å²) in [5, 5.41) is 3.22. The molecule has 0 spiro atoms. The number of ether oxygens (including phenoxy) is 1. The van der Waals surface area contributed by atoms with Crippen LogP contribution in [0, 0.1) is 0 Å². The SMILES string of the molecule is CCC(=O)Oc1ccc(Nc2cc(-c3ccccc3)ncn2)cc1. The lowest BCUT2D eigenvalue weighted by molar-refractivity contribution is -0.134. The summed E-state index contributed by atoms with van der Waals surface area (Å²) < 4.78 is 5.15. The quantitative estimate of drug-likeness (QED) is 0.564. The maximum Gasteiger partial charge on any atom is 0.310 e. The van der Waals surface area contributed by atoms with Crippen molar-refractivity contribution >= 4 is 17.5 Å². The van der Waals surface area contributed by atoms with E-state index < -0.39 is 0 Å². The number of carbonyl (C=O) groups is 1. The molecule has 0 bridgehead atoms. The molecule has 1 heterocycles. The summed E-state index contributed by atoms with van der Waals surface area (Å²) in [5.74, 6) is 0.973. The van der Waals surface area contributed by atoms with E-state index in [1.807, 2.05) is 48.5 Å². The third-order valence-electron chi connectivity index (χ3n) is 3.38. The molecule has 0 atom stereocenters. The Morgan fingerprint density at radius 3 is 2.50 bits per heavy atom. The van der Waals surface area contributed by atoms with Crippen molar-refractivity contribution in [2.75, 3.05) is 5.32 Å². The molecule has 3 rings (SSSR count). The topological polar surface area (TPSA) is 64.1 Å². The molecule has 0 unspecified atom stereocenters. The number of esters is 1. The van der Waals surface area contributed by atoms with Gasteiger partial charge in [0, 0.05) is 23.7 Å². The Labute approximate surface area is 140 Å². The first-order chi connectivity index (χ1) is 11.7. The van der Waals surface area contributed by atoms with Gasteiger partial charge in [-0.15, -0.1) is 0 Å². The van der Waals surface area contributed by atoms with Crippen LogP contribution < -0.4 is 10.1 Å². The van der Waals surface area contributed by atoms with Crippen LogP contribution in [0.5, 0.6) is 5.75 Å². The first-order valence-corrected chi connectivity index (χ1v) is 7.70. The summed E-state index contributed by atoms with van der Waals surface area (Å²) in [4.78, 5) is 19.8. The minimum absolute atomic E-state index is 0.251. The Morgan fingerprint density at radius 1 is 1.04 bits per heavy atom. The minimum atomic E-state index is -0.251.